The van der Waals surface area contributed by atoms with Crippen molar-refractivity contribution in [2.24, 2.45) is 7.05 Å². The standard InChI is InChI=1S/C12H14N2O2/c1-13-12(15)11-6-8-4-5-9(16-3)7-10(8)14(11)2/h4-7H,1-3H3,(H,13,15). The van der Waals surface area contributed by atoms with Gasteiger partial charge in [0.25, 0.3) is 5.91 Å². The molecule has 4 nitrogen and oxygen atoms in total. The molecule has 2 aromatic rings. The molecule has 0 saturated carbocycles. The van der Waals surface area contributed by atoms with E-state index in [0.717, 1.165) is 16.7 Å². The highest BCUT2D eigenvalue weighted by Crippen LogP contribution is 2.23. The number of fused-ring (bicyclic) bond motifs is 1. The Bertz CT molecular complexity index is 543. The maximum atomic E-state index is 11.6. The highest BCUT2D eigenvalue weighted by Gasteiger charge is 2.11. The molecule has 0 atom stereocenters. The summed E-state index contributed by atoms with van der Waals surface area (Å²) in [5, 5.41) is 3.65. The van der Waals surface area contributed by atoms with Crippen molar-refractivity contribution < 1.29 is 9.53 Å². The second kappa shape index (κ2) is 3.89. The van der Waals surface area contributed by atoms with Crippen LogP contribution in [0.3, 0.4) is 0 Å². The molecule has 0 bridgehead atoms. The number of rotatable bonds is 2. The minimum Gasteiger partial charge on any atom is -0.497 e. The summed E-state index contributed by atoms with van der Waals surface area (Å²) in [4.78, 5) is 11.6. The molecule has 4 heteroatoms. The number of nitrogens with one attached hydrogen (secondary N) is 1. The van der Waals surface area contributed by atoms with E-state index in [1.165, 1.54) is 0 Å². The van der Waals surface area contributed by atoms with Gasteiger partial charge in [-0.25, -0.2) is 0 Å². The van der Waals surface area contributed by atoms with E-state index in [1.54, 1.807) is 14.2 Å². The van der Waals surface area contributed by atoms with Gasteiger partial charge in [-0.3, -0.25) is 4.79 Å². The van der Waals surface area contributed by atoms with Gasteiger partial charge < -0.3 is 14.6 Å². The third kappa shape index (κ3) is 1.52. The predicted molar refractivity (Wildman–Crippen MR) is 62.9 cm³/mol. The monoisotopic (exact) mass is 218 g/mol. The number of carbonyl (C=O) groups excluding carboxylic acids is 1. The van der Waals surface area contributed by atoms with E-state index in [9.17, 15) is 4.79 Å². The molecule has 1 aromatic heterocycles. The molecule has 0 aliphatic rings. The Labute approximate surface area is 93.8 Å². The Morgan fingerprint density at radius 1 is 1.38 bits per heavy atom. The number of benzene rings is 1. The van der Waals surface area contributed by atoms with Crippen LogP contribution in [-0.2, 0) is 7.05 Å². The molecule has 1 heterocycles. The van der Waals surface area contributed by atoms with Gasteiger partial charge in [-0.15, -0.1) is 0 Å². The van der Waals surface area contributed by atoms with Gasteiger partial charge in [-0.05, 0) is 18.2 Å². The molecule has 0 saturated heterocycles. The first-order valence-corrected chi connectivity index (χ1v) is 5.03. The molecule has 1 N–H and O–H groups in total. The van der Waals surface area contributed by atoms with Crippen LogP contribution in [0.15, 0.2) is 24.3 Å². The third-order valence-corrected chi connectivity index (χ3v) is 2.71. The molecule has 0 unspecified atom stereocenters. The first-order valence-electron chi connectivity index (χ1n) is 5.03. The third-order valence-electron chi connectivity index (χ3n) is 2.71. The molecule has 0 spiro atoms. The highest BCUT2D eigenvalue weighted by atomic mass is 16.5. The van der Waals surface area contributed by atoms with Gasteiger partial charge in [-0.2, -0.15) is 0 Å². The minimum atomic E-state index is -0.0855. The first-order chi connectivity index (χ1) is 7.67. The summed E-state index contributed by atoms with van der Waals surface area (Å²) in [7, 11) is 5.12. The van der Waals surface area contributed by atoms with Gasteiger partial charge in [0.15, 0.2) is 0 Å². The van der Waals surface area contributed by atoms with Crippen molar-refractivity contribution in [1.29, 1.82) is 0 Å². The number of hydrogen-bond donors (Lipinski definition) is 1. The number of amides is 1. The Morgan fingerprint density at radius 2 is 2.12 bits per heavy atom. The van der Waals surface area contributed by atoms with E-state index >= 15 is 0 Å². The number of aryl methyl sites for hydroxylation is 1. The normalized spacial score (nSPS) is 10.4. The summed E-state index contributed by atoms with van der Waals surface area (Å²) in [6.07, 6.45) is 0. The summed E-state index contributed by atoms with van der Waals surface area (Å²) < 4.78 is 7.02. The maximum Gasteiger partial charge on any atom is 0.267 e. The van der Waals surface area contributed by atoms with Crippen LogP contribution in [0.5, 0.6) is 5.75 Å². The predicted octanol–water partition coefficient (Wildman–Crippen LogP) is 1.55. The second-order valence-corrected chi connectivity index (χ2v) is 3.59. The number of methoxy groups -OCH3 is 1. The second-order valence-electron chi connectivity index (χ2n) is 3.59. The van der Waals surface area contributed by atoms with Gasteiger partial charge in [0.05, 0.1) is 12.6 Å². The molecule has 0 fully saturated rings. The van der Waals surface area contributed by atoms with Crippen LogP contribution in [0.4, 0.5) is 0 Å². The SMILES string of the molecule is CNC(=O)c1cc2ccc(OC)cc2n1C. The van der Waals surface area contributed by atoms with Crippen LogP contribution in [0.25, 0.3) is 10.9 Å². The summed E-state index contributed by atoms with van der Waals surface area (Å²) in [5.74, 6) is 0.704. The van der Waals surface area contributed by atoms with Gasteiger partial charge >= 0.3 is 0 Å². The van der Waals surface area contributed by atoms with Crippen molar-refractivity contribution >= 4 is 16.8 Å². The maximum absolute atomic E-state index is 11.6. The summed E-state index contributed by atoms with van der Waals surface area (Å²) in [6, 6.07) is 7.62. The lowest BCUT2D eigenvalue weighted by Gasteiger charge is -2.03. The van der Waals surface area contributed by atoms with Crippen molar-refractivity contribution in [2.45, 2.75) is 0 Å². The lowest BCUT2D eigenvalue weighted by atomic mass is 10.2. The van der Waals surface area contributed by atoms with Gasteiger partial charge in [0.1, 0.15) is 11.4 Å². The zero-order valence-corrected chi connectivity index (χ0v) is 9.57. The molecule has 84 valence electrons. The van der Waals surface area contributed by atoms with Crippen molar-refractivity contribution in [2.75, 3.05) is 14.2 Å². The Kier molecular flexibility index (Phi) is 2.56. The first kappa shape index (κ1) is 10.5. The van der Waals surface area contributed by atoms with E-state index in [2.05, 4.69) is 5.32 Å². The number of carbonyl (C=O) groups is 1. The average Bonchev–Trinajstić information content (AvgIpc) is 2.65. The zero-order valence-electron chi connectivity index (χ0n) is 9.57. The smallest absolute Gasteiger partial charge is 0.267 e. The van der Waals surface area contributed by atoms with Crippen LogP contribution in [-0.4, -0.2) is 24.6 Å². The summed E-state index contributed by atoms with van der Waals surface area (Å²) >= 11 is 0. The molecule has 0 aliphatic carbocycles. The van der Waals surface area contributed by atoms with Crippen LogP contribution >= 0.6 is 0 Å². The molecular formula is C12H14N2O2. The fourth-order valence-electron chi connectivity index (χ4n) is 1.78. The van der Waals surface area contributed by atoms with E-state index in [1.807, 2.05) is 35.9 Å². The lowest BCUT2D eigenvalue weighted by molar-refractivity contribution is 0.0955. The Hall–Kier alpha value is -1.97. The number of nitrogens with zero attached hydrogens (tertiary/aromatic N) is 1. The topological polar surface area (TPSA) is 43.3 Å². The molecule has 1 amide bonds. The van der Waals surface area contributed by atoms with Crippen molar-refractivity contribution in [3.8, 4) is 5.75 Å². The van der Waals surface area contributed by atoms with E-state index < -0.39 is 0 Å². The van der Waals surface area contributed by atoms with E-state index in [-0.39, 0.29) is 5.91 Å². The van der Waals surface area contributed by atoms with Crippen LogP contribution in [0, 0.1) is 0 Å². The minimum absolute atomic E-state index is 0.0855. The van der Waals surface area contributed by atoms with Crippen LogP contribution in [0.1, 0.15) is 10.5 Å². The summed E-state index contributed by atoms with van der Waals surface area (Å²) in [6.45, 7) is 0. The van der Waals surface area contributed by atoms with Crippen molar-refractivity contribution in [1.82, 2.24) is 9.88 Å². The fourth-order valence-corrected chi connectivity index (χ4v) is 1.78. The Balaban J connectivity index is 2.64. The van der Waals surface area contributed by atoms with Crippen molar-refractivity contribution in [3.05, 3.63) is 30.0 Å². The fraction of sp³-hybridized carbons (Fsp3) is 0.250. The largest absolute Gasteiger partial charge is 0.497 e. The van der Waals surface area contributed by atoms with Gasteiger partial charge in [0.2, 0.25) is 0 Å². The number of ether oxygens (including phenoxy) is 1. The van der Waals surface area contributed by atoms with Crippen LogP contribution < -0.4 is 10.1 Å². The molecule has 16 heavy (non-hydrogen) atoms. The van der Waals surface area contributed by atoms with E-state index in [0.29, 0.717) is 5.69 Å². The van der Waals surface area contributed by atoms with Crippen LogP contribution in [0.2, 0.25) is 0 Å². The zero-order chi connectivity index (χ0) is 11.7. The number of aromatic nitrogens is 1. The molecule has 1 aromatic carbocycles. The molecule has 2 rings (SSSR count). The molecule has 0 radical (unpaired) electrons. The number of hydrogen-bond acceptors (Lipinski definition) is 2. The highest BCUT2D eigenvalue weighted by molar-refractivity contribution is 5.98. The van der Waals surface area contributed by atoms with Gasteiger partial charge in [-0.1, -0.05) is 0 Å². The van der Waals surface area contributed by atoms with Gasteiger partial charge in [0, 0.05) is 25.5 Å². The summed E-state index contributed by atoms with van der Waals surface area (Å²) in [5.41, 5.74) is 1.63. The van der Waals surface area contributed by atoms with E-state index in [4.69, 9.17) is 4.74 Å². The lowest BCUT2D eigenvalue weighted by Crippen LogP contribution is -2.20. The Morgan fingerprint density at radius 3 is 2.75 bits per heavy atom. The molecule has 0 aliphatic heterocycles. The van der Waals surface area contributed by atoms with Crippen molar-refractivity contribution in [3.63, 3.8) is 0 Å². The average molecular weight is 218 g/mol. The quantitative estimate of drug-likeness (QED) is 0.831. The molecular weight excluding hydrogens is 204 g/mol.